The number of nitrogens with zero attached hydrogens (tertiary/aromatic N) is 2. The molecule has 1 atom stereocenters. The van der Waals surface area contributed by atoms with E-state index in [2.05, 4.69) is 44.0 Å². The Balaban J connectivity index is 3.90. The second-order valence-electron chi connectivity index (χ2n) is 6.11. The molecule has 3 heteroatoms. The van der Waals surface area contributed by atoms with Crippen LogP contribution in [0.2, 0.25) is 0 Å². The van der Waals surface area contributed by atoms with E-state index in [0.717, 1.165) is 44.8 Å². The number of hydrogen-bond donors (Lipinski definition) is 1. The van der Waals surface area contributed by atoms with Gasteiger partial charge in [0.15, 0.2) is 0 Å². The molecule has 0 fully saturated rings. The van der Waals surface area contributed by atoms with Crippen LogP contribution in [0.4, 0.5) is 0 Å². The number of hydrogen-bond acceptors (Lipinski definition) is 3. The van der Waals surface area contributed by atoms with Crippen molar-refractivity contribution in [1.82, 2.24) is 10.2 Å². The van der Waals surface area contributed by atoms with Gasteiger partial charge in [0.1, 0.15) is 5.54 Å². The van der Waals surface area contributed by atoms with Crippen LogP contribution in [0.5, 0.6) is 0 Å². The highest BCUT2D eigenvalue weighted by Crippen LogP contribution is 2.13. The fourth-order valence-corrected chi connectivity index (χ4v) is 2.29. The monoisotopic (exact) mass is 267 g/mol. The molecule has 0 aromatic rings. The van der Waals surface area contributed by atoms with E-state index < -0.39 is 0 Å². The van der Waals surface area contributed by atoms with Gasteiger partial charge in [0.25, 0.3) is 0 Å². The molecule has 0 spiro atoms. The van der Waals surface area contributed by atoms with Crippen LogP contribution >= 0.6 is 0 Å². The summed E-state index contributed by atoms with van der Waals surface area (Å²) < 4.78 is 0. The first kappa shape index (κ1) is 18.4. The summed E-state index contributed by atoms with van der Waals surface area (Å²) in [7, 11) is 0. The average Bonchev–Trinajstić information content (AvgIpc) is 2.39. The number of nitriles is 1. The molecule has 0 amide bonds. The Hall–Kier alpha value is -0.590. The molecular formula is C16H33N3. The first-order valence-corrected chi connectivity index (χ1v) is 7.86. The second kappa shape index (κ2) is 10.2. The van der Waals surface area contributed by atoms with Crippen molar-refractivity contribution in [2.24, 2.45) is 5.92 Å². The molecule has 0 saturated carbocycles. The van der Waals surface area contributed by atoms with Crippen molar-refractivity contribution in [3.63, 3.8) is 0 Å². The lowest BCUT2D eigenvalue weighted by atomic mass is 9.96. The lowest BCUT2D eigenvalue weighted by Crippen LogP contribution is -2.41. The maximum Gasteiger partial charge on any atom is 0.103 e. The van der Waals surface area contributed by atoms with Gasteiger partial charge >= 0.3 is 0 Å². The van der Waals surface area contributed by atoms with Gasteiger partial charge in [-0.1, -0.05) is 27.7 Å². The fourth-order valence-electron chi connectivity index (χ4n) is 2.29. The summed E-state index contributed by atoms with van der Waals surface area (Å²) in [5.41, 5.74) is -0.342. The van der Waals surface area contributed by atoms with Gasteiger partial charge in [-0.2, -0.15) is 5.26 Å². The molecule has 0 bridgehead atoms. The van der Waals surface area contributed by atoms with Crippen LogP contribution in [0, 0.1) is 17.2 Å². The van der Waals surface area contributed by atoms with Gasteiger partial charge in [-0.25, -0.2) is 0 Å². The Labute approximate surface area is 120 Å². The average molecular weight is 267 g/mol. The molecule has 3 nitrogen and oxygen atoms in total. The van der Waals surface area contributed by atoms with E-state index in [1.807, 2.05) is 6.92 Å². The van der Waals surface area contributed by atoms with E-state index in [0.29, 0.717) is 0 Å². The van der Waals surface area contributed by atoms with Crippen molar-refractivity contribution >= 4 is 0 Å². The summed E-state index contributed by atoms with van der Waals surface area (Å²) in [6.07, 6.45) is 4.33. The molecule has 0 rings (SSSR count). The zero-order chi connectivity index (χ0) is 14.7. The van der Waals surface area contributed by atoms with E-state index in [9.17, 15) is 5.26 Å². The van der Waals surface area contributed by atoms with Crippen LogP contribution in [-0.2, 0) is 0 Å². The molecule has 0 aliphatic rings. The van der Waals surface area contributed by atoms with Crippen LogP contribution in [0.25, 0.3) is 0 Å². The predicted molar refractivity (Wildman–Crippen MR) is 83.1 cm³/mol. The Kier molecular flexibility index (Phi) is 9.91. The summed E-state index contributed by atoms with van der Waals surface area (Å²) in [4.78, 5) is 2.51. The largest absolute Gasteiger partial charge is 0.303 e. The first-order valence-electron chi connectivity index (χ1n) is 7.86. The molecule has 112 valence electrons. The van der Waals surface area contributed by atoms with Crippen LogP contribution < -0.4 is 5.32 Å². The quantitative estimate of drug-likeness (QED) is 0.583. The van der Waals surface area contributed by atoms with Crippen molar-refractivity contribution < 1.29 is 0 Å². The minimum absolute atomic E-state index is 0.342. The smallest absolute Gasteiger partial charge is 0.103 e. The molecule has 0 aromatic heterocycles. The van der Waals surface area contributed by atoms with Crippen molar-refractivity contribution in [3.8, 4) is 6.07 Å². The van der Waals surface area contributed by atoms with E-state index in [-0.39, 0.29) is 5.54 Å². The molecule has 1 unspecified atom stereocenters. The van der Waals surface area contributed by atoms with Crippen LogP contribution in [0.1, 0.15) is 60.3 Å². The zero-order valence-corrected chi connectivity index (χ0v) is 13.6. The SMILES string of the molecule is CCCNC(C)(C#N)CCCCN(CC)CC(C)C. The van der Waals surface area contributed by atoms with Gasteiger partial charge in [0.05, 0.1) is 6.07 Å². The van der Waals surface area contributed by atoms with Crippen molar-refractivity contribution in [2.45, 2.75) is 65.8 Å². The number of rotatable bonds is 11. The van der Waals surface area contributed by atoms with Crippen molar-refractivity contribution in [3.05, 3.63) is 0 Å². The lowest BCUT2D eigenvalue weighted by Gasteiger charge is -2.25. The minimum Gasteiger partial charge on any atom is -0.303 e. The molecule has 0 aliphatic heterocycles. The highest BCUT2D eigenvalue weighted by molar-refractivity contribution is 5.03. The molecule has 0 saturated heterocycles. The second-order valence-corrected chi connectivity index (χ2v) is 6.11. The molecule has 1 N–H and O–H groups in total. The lowest BCUT2D eigenvalue weighted by molar-refractivity contribution is 0.247. The van der Waals surface area contributed by atoms with E-state index in [4.69, 9.17) is 0 Å². The van der Waals surface area contributed by atoms with Crippen LogP contribution in [0.15, 0.2) is 0 Å². The Morgan fingerprint density at radius 2 is 1.95 bits per heavy atom. The molecule has 0 heterocycles. The van der Waals surface area contributed by atoms with E-state index >= 15 is 0 Å². The fraction of sp³-hybridized carbons (Fsp3) is 0.938. The molecular weight excluding hydrogens is 234 g/mol. The van der Waals surface area contributed by atoms with Crippen molar-refractivity contribution in [2.75, 3.05) is 26.2 Å². The zero-order valence-electron chi connectivity index (χ0n) is 13.6. The van der Waals surface area contributed by atoms with Crippen LogP contribution in [-0.4, -0.2) is 36.6 Å². The summed E-state index contributed by atoms with van der Waals surface area (Å²) >= 11 is 0. The maximum absolute atomic E-state index is 9.26. The van der Waals surface area contributed by atoms with Crippen molar-refractivity contribution in [1.29, 1.82) is 5.26 Å². The minimum atomic E-state index is -0.342. The Morgan fingerprint density at radius 1 is 1.26 bits per heavy atom. The number of nitrogens with one attached hydrogen (secondary N) is 1. The maximum atomic E-state index is 9.26. The predicted octanol–water partition coefficient (Wildman–Crippen LogP) is 3.42. The molecule has 0 radical (unpaired) electrons. The van der Waals surface area contributed by atoms with Crippen LogP contribution in [0.3, 0.4) is 0 Å². The van der Waals surface area contributed by atoms with Gasteiger partial charge < -0.3 is 4.90 Å². The summed E-state index contributed by atoms with van der Waals surface area (Å²) in [5.74, 6) is 0.732. The Morgan fingerprint density at radius 3 is 2.42 bits per heavy atom. The third-order valence-corrected chi connectivity index (χ3v) is 3.48. The summed E-state index contributed by atoms with van der Waals surface area (Å²) in [5, 5.41) is 12.6. The highest BCUT2D eigenvalue weighted by atomic mass is 15.1. The third kappa shape index (κ3) is 9.02. The van der Waals surface area contributed by atoms with Gasteiger partial charge in [-0.15, -0.1) is 0 Å². The van der Waals surface area contributed by atoms with E-state index in [1.54, 1.807) is 0 Å². The summed E-state index contributed by atoms with van der Waals surface area (Å²) in [6.45, 7) is 15.3. The Bertz CT molecular complexity index is 257. The standard InChI is InChI=1S/C16H33N3/c1-6-11-18-16(5,14-17)10-8-9-12-19(7-2)13-15(3)4/h15,18H,6-13H2,1-5H3. The van der Waals surface area contributed by atoms with Gasteiger partial charge in [-0.3, -0.25) is 5.32 Å². The van der Waals surface area contributed by atoms with Gasteiger partial charge in [0.2, 0.25) is 0 Å². The molecule has 0 aliphatic carbocycles. The molecule has 0 aromatic carbocycles. The summed E-state index contributed by atoms with van der Waals surface area (Å²) in [6, 6.07) is 2.42. The first-order chi connectivity index (χ1) is 8.97. The number of unbranched alkanes of at least 4 members (excludes halogenated alkanes) is 1. The van der Waals surface area contributed by atoms with Gasteiger partial charge in [0, 0.05) is 6.54 Å². The highest BCUT2D eigenvalue weighted by Gasteiger charge is 2.21. The topological polar surface area (TPSA) is 39.1 Å². The normalized spacial score (nSPS) is 14.6. The van der Waals surface area contributed by atoms with Gasteiger partial charge in [-0.05, 0) is 58.2 Å². The molecule has 19 heavy (non-hydrogen) atoms. The third-order valence-electron chi connectivity index (χ3n) is 3.48. The van der Waals surface area contributed by atoms with E-state index in [1.165, 1.54) is 13.0 Å².